The Morgan fingerprint density at radius 1 is 1.19 bits per heavy atom. The Morgan fingerprint density at radius 3 is 2.69 bits per heavy atom. The summed E-state index contributed by atoms with van der Waals surface area (Å²) < 4.78 is 34.2. The first kappa shape index (κ1) is 22.9. The maximum atomic E-state index is 14.7. The number of carbonyl (C=O) groups is 1. The maximum Gasteiger partial charge on any atom is 0.227 e. The summed E-state index contributed by atoms with van der Waals surface area (Å²) in [7, 11) is 0. The summed E-state index contributed by atoms with van der Waals surface area (Å²) in [4.78, 5) is 12.8. The van der Waals surface area contributed by atoms with E-state index in [1.165, 1.54) is 31.0 Å². The van der Waals surface area contributed by atoms with Crippen LogP contribution in [0.1, 0.15) is 50.2 Å². The molecule has 2 atom stereocenters. The van der Waals surface area contributed by atoms with Gasteiger partial charge in [0.25, 0.3) is 0 Å². The van der Waals surface area contributed by atoms with Gasteiger partial charge in [-0.15, -0.1) is 0 Å². The van der Waals surface area contributed by atoms with Crippen molar-refractivity contribution in [1.82, 2.24) is 5.32 Å². The van der Waals surface area contributed by atoms with E-state index >= 15 is 0 Å². The van der Waals surface area contributed by atoms with E-state index in [0.717, 1.165) is 31.5 Å². The fourth-order valence-electron chi connectivity index (χ4n) is 4.93. The summed E-state index contributed by atoms with van der Waals surface area (Å²) in [6, 6.07) is 10.9. The van der Waals surface area contributed by atoms with E-state index in [1.807, 2.05) is 6.92 Å². The highest BCUT2D eigenvalue weighted by molar-refractivity contribution is 5.93. The van der Waals surface area contributed by atoms with Crippen LogP contribution >= 0.6 is 0 Å². The van der Waals surface area contributed by atoms with Crippen molar-refractivity contribution in [3.8, 4) is 0 Å². The van der Waals surface area contributed by atoms with E-state index in [1.54, 1.807) is 24.3 Å². The molecule has 6 heteroatoms. The third kappa shape index (κ3) is 5.54. The van der Waals surface area contributed by atoms with E-state index in [0.29, 0.717) is 30.5 Å². The van der Waals surface area contributed by atoms with Crippen LogP contribution < -0.4 is 10.6 Å². The highest BCUT2D eigenvalue weighted by Crippen LogP contribution is 2.36. The van der Waals surface area contributed by atoms with Crippen LogP contribution in [0.25, 0.3) is 0 Å². The lowest BCUT2D eigenvalue weighted by Crippen LogP contribution is -2.52. The maximum absolute atomic E-state index is 14.7. The number of hydrogen-bond acceptors (Lipinski definition) is 3. The lowest BCUT2D eigenvalue weighted by Gasteiger charge is -2.39. The first-order valence-corrected chi connectivity index (χ1v) is 11.7. The average molecular weight is 443 g/mol. The van der Waals surface area contributed by atoms with Crippen molar-refractivity contribution >= 4 is 11.6 Å². The molecule has 1 aliphatic heterocycles. The van der Waals surface area contributed by atoms with Gasteiger partial charge in [-0.05, 0) is 61.9 Å². The van der Waals surface area contributed by atoms with Gasteiger partial charge in [0, 0.05) is 30.3 Å². The van der Waals surface area contributed by atoms with Gasteiger partial charge in [-0.1, -0.05) is 38.0 Å². The van der Waals surface area contributed by atoms with Crippen LogP contribution in [0.4, 0.5) is 14.5 Å². The first-order valence-electron chi connectivity index (χ1n) is 11.7. The molecule has 4 nitrogen and oxygen atoms in total. The third-order valence-corrected chi connectivity index (χ3v) is 6.75. The number of amides is 1. The number of carbonyl (C=O) groups excluding carboxylic acids is 1. The van der Waals surface area contributed by atoms with E-state index < -0.39 is 0 Å². The normalized spacial score (nSPS) is 20.9. The molecule has 2 aliphatic rings. The molecule has 0 bridgehead atoms. The van der Waals surface area contributed by atoms with Gasteiger partial charge in [0.05, 0.1) is 11.7 Å². The number of halogens is 2. The molecule has 0 radical (unpaired) electrons. The topological polar surface area (TPSA) is 50.4 Å². The van der Waals surface area contributed by atoms with Crippen LogP contribution in [-0.2, 0) is 22.4 Å². The predicted molar refractivity (Wildman–Crippen MR) is 122 cm³/mol. The average Bonchev–Trinajstić information content (AvgIpc) is 3.22. The minimum Gasteiger partial charge on any atom is -0.369 e. The zero-order valence-electron chi connectivity index (χ0n) is 18.6. The largest absolute Gasteiger partial charge is 0.369 e. The van der Waals surface area contributed by atoms with Gasteiger partial charge in [0.15, 0.2) is 0 Å². The summed E-state index contributed by atoms with van der Waals surface area (Å²) in [6.45, 7) is 3.49. The fourth-order valence-corrected chi connectivity index (χ4v) is 4.93. The third-order valence-electron chi connectivity index (χ3n) is 6.75. The van der Waals surface area contributed by atoms with Crippen molar-refractivity contribution in [2.75, 3.05) is 18.4 Å². The first-order chi connectivity index (χ1) is 15.4. The van der Waals surface area contributed by atoms with Crippen molar-refractivity contribution in [2.45, 2.75) is 63.6 Å². The van der Waals surface area contributed by atoms with Crippen molar-refractivity contribution in [2.24, 2.45) is 5.92 Å². The van der Waals surface area contributed by atoms with Crippen LogP contribution in [0.2, 0.25) is 0 Å². The van der Waals surface area contributed by atoms with Gasteiger partial charge in [0.1, 0.15) is 11.6 Å². The number of anilines is 1. The number of hydrogen-bond donors (Lipinski definition) is 2. The molecule has 2 fully saturated rings. The second-order valence-corrected chi connectivity index (χ2v) is 9.29. The Kier molecular flexibility index (Phi) is 7.21. The van der Waals surface area contributed by atoms with Gasteiger partial charge in [0.2, 0.25) is 5.91 Å². The molecule has 172 valence electrons. The molecular formula is C26H32F2N2O2. The summed E-state index contributed by atoms with van der Waals surface area (Å²) in [5, 5.41) is 6.40. The van der Waals surface area contributed by atoms with E-state index in [2.05, 4.69) is 10.6 Å². The van der Waals surface area contributed by atoms with E-state index in [9.17, 15) is 13.6 Å². The molecule has 1 saturated heterocycles. The smallest absolute Gasteiger partial charge is 0.227 e. The summed E-state index contributed by atoms with van der Waals surface area (Å²) in [6.07, 6.45) is 6.30. The molecule has 4 rings (SSSR count). The van der Waals surface area contributed by atoms with Crippen LogP contribution in [0.15, 0.2) is 42.5 Å². The quantitative estimate of drug-likeness (QED) is 0.633. The Labute approximate surface area is 188 Å². The second-order valence-electron chi connectivity index (χ2n) is 9.29. The Bertz CT molecular complexity index is 926. The van der Waals surface area contributed by atoms with E-state index in [4.69, 9.17) is 4.74 Å². The van der Waals surface area contributed by atoms with Crippen molar-refractivity contribution in [1.29, 1.82) is 0 Å². The van der Waals surface area contributed by atoms with Gasteiger partial charge >= 0.3 is 0 Å². The van der Waals surface area contributed by atoms with Crippen LogP contribution in [-0.4, -0.2) is 30.7 Å². The summed E-state index contributed by atoms with van der Waals surface area (Å²) in [5.41, 5.74) is 1.87. The standard InChI is InChI=1S/C26H32F2N2O2/c1-18(15-19-7-9-20(27)10-8-19)25(31)30-24-6-4-5-23(28)22(24)12-11-21-16-29-17-26(32-21)13-2-3-14-26/h4-10,18,21,29H,2-3,11-17H2,1H3,(H,30,31)/t18-,21+/m0/s1. The van der Waals surface area contributed by atoms with Crippen LogP contribution in [0.5, 0.6) is 0 Å². The predicted octanol–water partition coefficient (Wildman–Crippen LogP) is 5.02. The van der Waals surface area contributed by atoms with Crippen LogP contribution in [0.3, 0.4) is 0 Å². The molecule has 32 heavy (non-hydrogen) atoms. The Morgan fingerprint density at radius 2 is 1.94 bits per heavy atom. The summed E-state index contributed by atoms with van der Waals surface area (Å²) in [5.74, 6) is -1.12. The zero-order valence-corrected chi connectivity index (χ0v) is 18.6. The van der Waals surface area contributed by atoms with Gasteiger partial charge in [-0.3, -0.25) is 4.79 Å². The monoisotopic (exact) mass is 442 g/mol. The van der Waals surface area contributed by atoms with Crippen LogP contribution in [0, 0.1) is 17.6 Å². The minimum absolute atomic E-state index is 0.0439. The molecule has 1 saturated carbocycles. The molecule has 1 heterocycles. The zero-order chi connectivity index (χ0) is 22.6. The molecule has 0 aromatic heterocycles. The van der Waals surface area contributed by atoms with Gasteiger partial charge in [-0.2, -0.15) is 0 Å². The number of morpholine rings is 1. The molecular weight excluding hydrogens is 410 g/mol. The van der Waals surface area contributed by atoms with Crippen molar-refractivity contribution in [3.63, 3.8) is 0 Å². The van der Waals surface area contributed by atoms with Gasteiger partial charge < -0.3 is 15.4 Å². The molecule has 2 aromatic rings. The Balaban J connectivity index is 1.38. The highest BCUT2D eigenvalue weighted by Gasteiger charge is 2.39. The molecule has 0 unspecified atom stereocenters. The lowest BCUT2D eigenvalue weighted by molar-refractivity contribution is -0.119. The number of nitrogens with one attached hydrogen (secondary N) is 2. The molecule has 1 aliphatic carbocycles. The van der Waals surface area contributed by atoms with Gasteiger partial charge in [-0.25, -0.2) is 8.78 Å². The highest BCUT2D eigenvalue weighted by atomic mass is 19.1. The lowest BCUT2D eigenvalue weighted by atomic mass is 9.97. The molecule has 2 N–H and O–H groups in total. The Hall–Kier alpha value is -2.31. The molecule has 2 aromatic carbocycles. The number of ether oxygens (including phenoxy) is 1. The number of rotatable bonds is 7. The fraction of sp³-hybridized carbons (Fsp3) is 0.500. The SMILES string of the molecule is C[C@@H](Cc1ccc(F)cc1)C(=O)Nc1cccc(F)c1CC[C@@H]1CNCC2(CCCC2)O1. The van der Waals surface area contributed by atoms with Crippen molar-refractivity contribution < 1.29 is 18.3 Å². The second kappa shape index (κ2) is 10.1. The molecule has 1 spiro atoms. The summed E-state index contributed by atoms with van der Waals surface area (Å²) >= 11 is 0. The molecule has 1 amide bonds. The van der Waals surface area contributed by atoms with E-state index in [-0.39, 0.29) is 35.2 Å². The number of benzene rings is 2. The van der Waals surface area contributed by atoms with Crippen molar-refractivity contribution in [3.05, 3.63) is 65.2 Å². The minimum atomic E-state index is -0.329.